The maximum absolute atomic E-state index is 13.8. The summed E-state index contributed by atoms with van der Waals surface area (Å²) >= 11 is 0. The summed E-state index contributed by atoms with van der Waals surface area (Å²) in [6.07, 6.45) is 1.20. The lowest BCUT2D eigenvalue weighted by molar-refractivity contribution is 0.462. The van der Waals surface area contributed by atoms with Crippen LogP contribution in [0.5, 0.6) is 0 Å². The first-order chi connectivity index (χ1) is 10.1. The summed E-state index contributed by atoms with van der Waals surface area (Å²) in [5, 5.41) is 3.12. The molecule has 0 radical (unpaired) electrons. The van der Waals surface area contributed by atoms with Crippen LogP contribution in [-0.2, 0) is 12.8 Å². The molecule has 1 N–H and O–H groups in total. The third-order valence-electron chi connectivity index (χ3n) is 3.65. The number of benzene rings is 2. The number of halogens is 2. The van der Waals surface area contributed by atoms with Crippen molar-refractivity contribution in [1.29, 1.82) is 0 Å². The molecule has 0 aliphatic rings. The first-order valence-electron chi connectivity index (χ1n) is 7.23. The van der Waals surface area contributed by atoms with Gasteiger partial charge in [0.1, 0.15) is 11.6 Å². The Bertz CT molecular complexity index is 575. The monoisotopic (exact) mass is 289 g/mol. The predicted molar refractivity (Wildman–Crippen MR) is 82.4 cm³/mol. The van der Waals surface area contributed by atoms with E-state index in [1.54, 1.807) is 0 Å². The van der Waals surface area contributed by atoms with Gasteiger partial charge < -0.3 is 5.32 Å². The number of nitrogens with one attached hydrogen (secondary N) is 1. The zero-order valence-electron chi connectivity index (χ0n) is 12.5. The van der Waals surface area contributed by atoms with Crippen molar-refractivity contribution in [3.05, 3.63) is 70.8 Å². The Morgan fingerprint density at radius 3 is 2.29 bits per heavy atom. The molecule has 112 valence electrons. The van der Waals surface area contributed by atoms with Crippen molar-refractivity contribution in [2.45, 2.75) is 19.8 Å². The van der Waals surface area contributed by atoms with Gasteiger partial charge in [0, 0.05) is 5.56 Å². The Morgan fingerprint density at radius 2 is 1.67 bits per heavy atom. The van der Waals surface area contributed by atoms with Gasteiger partial charge >= 0.3 is 0 Å². The number of hydrogen-bond acceptors (Lipinski definition) is 1. The van der Waals surface area contributed by atoms with Crippen molar-refractivity contribution >= 4 is 0 Å². The van der Waals surface area contributed by atoms with Crippen molar-refractivity contribution in [3.8, 4) is 0 Å². The number of hydrogen-bond donors (Lipinski definition) is 1. The summed E-state index contributed by atoms with van der Waals surface area (Å²) in [4.78, 5) is 0. The van der Waals surface area contributed by atoms with Gasteiger partial charge in [0.2, 0.25) is 0 Å². The van der Waals surface area contributed by atoms with E-state index in [9.17, 15) is 8.78 Å². The summed E-state index contributed by atoms with van der Waals surface area (Å²) in [6.45, 7) is 2.77. The topological polar surface area (TPSA) is 12.0 Å². The highest BCUT2D eigenvalue weighted by Gasteiger charge is 2.16. The van der Waals surface area contributed by atoms with Crippen LogP contribution in [0.25, 0.3) is 0 Å². The molecule has 0 saturated carbocycles. The quantitative estimate of drug-likeness (QED) is 0.850. The Hall–Kier alpha value is -1.74. The highest BCUT2D eigenvalue weighted by atomic mass is 19.1. The van der Waals surface area contributed by atoms with Crippen molar-refractivity contribution in [3.63, 3.8) is 0 Å². The maximum atomic E-state index is 13.8. The van der Waals surface area contributed by atoms with Gasteiger partial charge in [-0.1, -0.05) is 35.9 Å². The minimum Gasteiger partial charge on any atom is -0.319 e. The van der Waals surface area contributed by atoms with Crippen LogP contribution in [0.4, 0.5) is 8.78 Å². The molecular weight excluding hydrogens is 268 g/mol. The molecule has 0 amide bonds. The molecule has 0 heterocycles. The smallest absolute Gasteiger partial charge is 0.129 e. The molecule has 0 spiro atoms. The standard InChI is InChI=1S/C18H21F2N/c1-13-5-3-6-14(9-13)10-15(12-21-2)11-16-17(19)7-4-8-18(16)20/h3-9,15,21H,10-12H2,1-2H3. The Morgan fingerprint density at radius 1 is 1.00 bits per heavy atom. The molecule has 3 heteroatoms. The van der Waals surface area contributed by atoms with Crippen LogP contribution < -0.4 is 5.32 Å². The van der Waals surface area contributed by atoms with E-state index in [2.05, 4.69) is 17.4 Å². The lowest BCUT2D eigenvalue weighted by Gasteiger charge is -2.18. The van der Waals surface area contributed by atoms with Crippen LogP contribution in [0, 0.1) is 24.5 Å². The van der Waals surface area contributed by atoms with E-state index in [1.807, 2.05) is 26.1 Å². The predicted octanol–water partition coefficient (Wildman–Crippen LogP) is 3.89. The highest BCUT2D eigenvalue weighted by molar-refractivity contribution is 5.24. The molecule has 0 fully saturated rings. The van der Waals surface area contributed by atoms with Gasteiger partial charge in [-0.2, -0.15) is 0 Å². The molecule has 1 unspecified atom stereocenters. The van der Waals surface area contributed by atoms with Crippen LogP contribution >= 0.6 is 0 Å². The summed E-state index contributed by atoms with van der Waals surface area (Å²) in [5.74, 6) is -0.760. The second-order valence-electron chi connectivity index (χ2n) is 5.52. The lowest BCUT2D eigenvalue weighted by Crippen LogP contribution is -2.23. The zero-order chi connectivity index (χ0) is 15.2. The lowest BCUT2D eigenvalue weighted by atomic mass is 9.91. The van der Waals surface area contributed by atoms with Gasteiger partial charge in [0.25, 0.3) is 0 Å². The first-order valence-corrected chi connectivity index (χ1v) is 7.23. The fourth-order valence-corrected chi connectivity index (χ4v) is 2.69. The average Bonchev–Trinajstić information content (AvgIpc) is 2.43. The molecule has 2 rings (SSSR count). The van der Waals surface area contributed by atoms with Crippen LogP contribution in [0.2, 0.25) is 0 Å². The van der Waals surface area contributed by atoms with Gasteiger partial charge in [0.15, 0.2) is 0 Å². The number of rotatable bonds is 6. The molecule has 21 heavy (non-hydrogen) atoms. The molecule has 0 bridgehead atoms. The molecular formula is C18H21F2N. The van der Waals surface area contributed by atoms with E-state index in [4.69, 9.17) is 0 Å². The summed E-state index contributed by atoms with van der Waals surface area (Å²) in [5.41, 5.74) is 2.59. The second-order valence-corrected chi connectivity index (χ2v) is 5.52. The number of aryl methyl sites for hydroxylation is 1. The SMILES string of the molecule is CNCC(Cc1cccc(C)c1)Cc1c(F)cccc1F. The van der Waals surface area contributed by atoms with Crippen molar-refractivity contribution < 1.29 is 8.78 Å². The van der Waals surface area contributed by atoms with E-state index in [-0.39, 0.29) is 11.5 Å². The summed E-state index contributed by atoms with van der Waals surface area (Å²) < 4.78 is 27.6. The van der Waals surface area contributed by atoms with Gasteiger partial charge in [-0.15, -0.1) is 0 Å². The molecule has 1 atom stereocenters. The molecule has 2 aromatic rings. The minimum atomic E-state index is -0.458. The van der Waals surface area contributed by atoms with Crippen LogP contribution in [0.1, 0.15) is 16.7 Å². The summed E-state index contributed by atoms with van der Waals surface area (Å²) in [7, 11) is 1.86. The third-order valence-corrected chi connectivity index (χ3v) is 3.65. The van der Waals surface area contributed by atoms with E-state index < -0.39 is 11.6 Å². The Kier molecular flexibility index (Phi) is 5.45. The van der Waals surface area contributed by atoms with Gasteiger partial charge in [-0.3, -0.25) is 0 Å². The second kappa shape index (κ2) is 7.32. The van der Waals surface area contributed by atoms with E-state index in [0.717, 1.165) is 13.0 Å². The maximum Gasteiger partial charge on any atom is 0.129 e. The van der Waals surface area contributed by atoms with Crippen molar-refractivity contribution in [2.24, 2.45) is 5.92 Å². The Balaban J connectivity index is 2.16. The fraction of sp³-hybridized carbons (Fsp3) is 0.333. The largest absolute Gasteiger partial charge is 0.319 e. The third kappa shape index (κ3) is 4.36. The molecule has 0 aromatic heterocycles. The fourth-order valence-electron chi connectivity index (χ4n) is 2.69. The minimum absolute atomic E-state index is 0.156. The Labute approximate surface area is 125 Å². The van der Waals surface area contributed by atoms with Crippen LogP contribution in [0.3, 0.4) is 0 Å². The zero-order valence-corrected chi connectivity index (χ0v) is 12.5. The van der Waals surface area contributed by atoms with Crippen molar-refractivity contribution in [2.75, 3.05) is 13.6 Å². The first kappa shape index (κ1) is 15.6. The summed E-state index contributed by atoms with van der Waals surface area (Å²) in [6, 6.07) is 12.3. The average molecular weight is 289 g/mol. The van der Waals surface area contributed by atoms with Gasteiger partial charge in [-0.05, 0) is 57.0 Å². The van der Waals surface area contributed by atoms with E-state index >= 15 is 0 Å². The molecule has 2 aromatic carbocycles. The molecule has 0 aliphatic carbocycles. The molecule has 0 aliphatic heterocycles. The van der Waals surface area contributed by atoms with Gasteiger partial charge in [0.05, 0.1) is 0 Å². The van der Waals surface area contributed by atoms with Crippen molar-refractivity contribution in [1.82, 2.24) is 5.32 Å². The van der Waals surface area contributed by atoms with Crippen LogP contribution in [0.15, 0.2) is 42.5 Å². The highest BCUT2D eigenvalue weighted by Crippen LogP contribution is 2.20. The van der Waals surface area contributed by atoms with Crippen LogP contribution in [-0.4, -0.2) is 13.6 Å². The van der Waals surface area contributed by atoms with Gasteiger partial charge in [-0.25, -0.2) is 8.78 Å². The van der Waals surface area contributed by atoms with E-state index in [0.29, 0.717) is 6.42 Å². The normalized spacial score (nSPS) is 12.4. The molecule has 0 saturated heterocycles. The van der Waals surface area contributed by atoms with E-state index in [1.165, 1.54) is 29.3 Å². The molecule has 1 nitrogen and oxygen atoms in total.